The van der Waals surface area contributed by atoms with Crippen LogP contribution in [0.25, 0.3) is 10.9 Å². The number of H-pyrrole nitrogens is 1. The summed E-state index contributed by atoms with van der Waals surface area (Å²) < 4.78 is 0. The number of nitrogens with zero attached hydrogens (tertiary/aromatic N) is 1. The molecule has 30 heavy (non-hydrogen) atoms. The van der Waals surface area contributed by atoms with E-state index in [1.807, 2.05) is 24.3 Å². The highest BCUT2D eigenvalue weighted by Gasteiger charge is 2.24. The van der Waals surface area contributed by atoms with Crippen LogP contribution >= 0.6 is 0 Å². The van der Waals surface area contributed by atoms with Crippen molar-refractivity contribution >= 4 is 22.5 Å². The second-order valence-corrected chi connectivity index (χ2v) is 8.80. The standard InChI is InChI=1S/C26H33N3O/c1-19(2)29-15-13-21(14-16-29)24-18-27-25-12-11-22(17-23(24)25)28-26(30)10-6-9-20-7-4-3-5-8-20/h3-5,7-8,11-12,17-19,21,27H,6,9-10,13-16H2,1-2H3,(H,28,30). The van der Waals surface area contributed by atoms with E-state index in [4.69, 9.17) is 0 Å². The Morgan fingerprint density at radius 2 is 1.90 bits per heavy atom. The molecule has 2 aromatic carbocycles. The van der Waals surface area contributed by atoms with Gasteiger partial charge in [0.15, 0.2) is 0 Å². The molecule has 2 heterocycles. The number of amides is 1. The summed E-state index contributed by atoms with van der Waals surface area (Å²) in [7, 11) is 0. The molecule has 1 amide bonds. The Morgan fingerprint density at radius 3 is 2.63 bits per heavy atom. The number of nitrogens with one attached hydrogen (secondary N) is 2. The predicted molar refractivity (Wildman–Crippen MR) is 125 cm³/mol. The number of hydrogen-bond acceptors (Lipinski definition) is 2. The van der Waals surface area contributed by atoms with E-state index in [0.717, 1.165) is 37.1 Å². The van der Waals surface area contributed by atoms with Gasteiger partial charge in [-0.15, -0.1) is 0 Å². The zero-order valence-electron chi connectivity index (χ0n) is 18.2. The monoisotopic (exact) mass is 403 g/mol. The summed E-state index contributed by atoms with van der Waals surface area (Å²) >= 11 is 0. The number of likely N-dealkylation sites (tertiary alicyclic amines) is 1. The van der Waals surface area contributed by atoms with E-state index >= 15 is 0 Å². The van der Waals surface area contributed by atoms with Crippen molar-refractivity contribution in [2.75, 3.05) is 18.4 Å². The van der Waals surface area contributed by atoms with Crippen LogP contribution in [-0.4, -0.2) is 34.9 Å². The lowest BCUT2D eigenvalue weighted by atomic mass is 9.88. The molecule has 0 unspecified atom stereocenters. The molecule has 4 heteroatoms. The number of aromatic nitrogens is 1. The molecule has 0 aliphatic carbocycles. The number of benzene rings is 2. The van der Waals surface area contributed by atoms with Gasteiger partial charge < -0.3 is 15.2 Å². The Bertz CT molecular complexity index is 968. The van der Waals surface area contributed by atoms with Crippen molar-refractivity contribution in [2.24, 2.45) is 0 Å². The van der Waals surface area contributed by atoms with Gasteiger partial charge in [0.1, 0.15) is 0 Å². The molecular weight excluding hydrogens is 370 g/mol. The van der Waals surface area contributed by atoms with Gasteiger partial charge in [-0.05, 0) is 87.9 Å². The van der Waals surface area contributed by atoms with Crippen LogP contribution in [0, 0.1) is 0 Å². The molecule has 1 aliphatic rings. The third-order valence-corrected chi connectivity index (χ3v) is 6.41. The van der Waals surface area contributed by atoms with Crippen LogP contribution in [0.15, 0.2) is 54.7 Å². The molecule has 2 N–H and O–H groups in total. The van der Waals surface area contributed by atoms with Gasteiger partial charge in [-0.2, -0.15) is 0 Å². The predicted octanol–water partition coefficient (Wildman–Crippen LogP) is 5.72. The molecule has 1 aromatic heterocycles. The average molecular weight is 404 g/mol. The van der Waals surface area contributed by atoms with Crippen LogP contribution < -0.4 is 5.32 Å². The van der Waals surface area contributed by atoms with Gasteiger partial charge in [0.25, 0.3) is 0 Å². The number of piperidine rings is 1. The van der Waals surface area contributed by atoms with E-state index in [0.29, 0.717) is 18.4 Å². The van der Waals surface area contributed by atoms with Gasteiger partial charge >= 0.3 is 0 Å². The molecule has 0 radical (unpaired) electrons. The van der Waals surface area contributed by atoms with Crippen molar-refractivity contribution in [1.29, 1.82) is 0 Å². The summed E-state index contributed by atoms with van der Waals surface area (Å²) in [5.41, 5.74) is 4.73. The highest BCUT2D eigenvalue weighted by molar-refractivity contribution is 5.94. The van der Waals surface area contributed by atoms with E-state index in [1.54, 1.807) is 0 Å². The first-order valence-corrected chi connectivity index (χ1v) is 11.3. The second-order valence-electron chi connectivity index (χ2n) is 8.80. The lowest BCUT2D eigenvalue weighted by Gasteiger charge is -2.34. The average Bonchev–Trinajstić information content (AvgIpc) is 3.18. The summed E-state index contributed by atoms with van der Waals surface area (Å²) in [6, 6.07) is 17.2. The summed E-state index contributed by atoms with van der Waals surface area (Å²) in [5, 5.41) is 4.35. The van der Waals surface area contributed by atoms with Crippen LogP contribution in [0.5, 0.6) is 0 Å². The van der Waals surface area contributed by atoms with Crippen molar-refractivity contribution in [3.63, 3.8) is 0 Å². The van der Waals surface area contributed by atoms with Crippen molar-refractivity contribution in [1.82, 2.24) is 9.88 Å². The lowest BCUT2D eigenvalue weighted by molar-refractivity contribution is -0.116. The maximum Gasteiger partial charge on any atom is 0.224 e. The van der Waals surface area contributed by atoms with Gasteiger partial charge in [-0.25, -0.2) is 0 Å². The normalized spacial score (nSPS) is 15.7. The van der Waals surface area contributed by atoms with Gasteiger partial charge in [-0.1, -0.05) is 30.3 Å². The van der Waals surface area contributed by atoms with Crippen LogP contribution in [-0.2, 0) is 11.2 Å². The zero-order valence-corrected chi connectivity index (χ0v) is 18.2. The molecule has 0 atom stereocenters. The van der Waals surface area contributed by atoms with E-state index < -0.39 is 0 Å². The van der Waals surface area contributed by atoms with Crippen molar-refractivity contribution in [3.8, 4) is 0 Å². The Morgan fingerprint density at radius 1 is 1.13 bits per heavy atom. The Kier molecular flexibility index (Phi) is 6.53. The molecule has 0 saturated carbocycles. The minimum Gasteiger partial charge on any atom is -0.361 e. The summed E-state index contributed by atoms with van der Waals surface area (Å²) in [5.74, 6) is 0.679. The molecule has 1 fully saturated rings. The minimum atomic E-state index is 0.0904. The topological polar surface area (TPSA) is 48.1 Å². The molecule has 158 valence electrons. The van der Waals surface area contributed by atoms with E-state index in [1.165, 1.54) is 29.4 Å². The maximum atomic E-state index is 12.4. The Hall–Kier alpha value is -2.59. The Balaban J connectivity index is 1.37. The fourth-order valence-electron chi connectivity index (χ4n) is 4.61. The molecular formula is C26H33N3O. The van der Waals surface area contributed by atoms with Crippen LogP contribution in [0.1, 0.15) is 56.6 Å². The van der Waals surface area contributed by atoms with Gasteiger partial charge in [0.2, 0.25) is 5.91 Å². The van der Waals surface area contributed by atoms with Gasteiger partial charge in [-0.3, -0.25) is 4.79 Å². The number of rotatable bonds is 7. The van der Waals surface area contributed by atoms with Crippen LogP contribution in [0.3, 0.4) is 0 Å². The molecule has 0 bridgehead atoms. The third-order valence-electron chi connectivity index (χ3n) is 6.41. The van der Waals surface area contributed by atoms with Crippen LogP contribution in [0.4, 0.5) is 5.69 Å². The van der Waals surface area contributed by atoms with Crippen molar-refractivity contribution < 1.29 is 4.79 Å². The second kappa shape index (κ2) is 9.48. The van der Waals surface area contributed by atoms with Crippen molar-refractivity contribution in [2.45, 2.75) is 57.9 Å². The number of fused-ring (bicyclic) bond motifs is 1. The van der Waals surface area contributed by atoms with E-state index in [2.05, 4.69) is 59.5 Å². The highest BCUT2D eigenvalue weighted by atomic mass is 16.1. The number of aromatic amines is 1. The summed E-state index contributed by atoms with van der Waals surface area (Å²) in [6.07, 6.45) is 6.90. The number of carbonyl (C=O) groups excluding carboxylic acids is 1. The van der Waals surface area contributed by atoms with E-state index in [9.17, 15) is 4.79 Å². The summed E-state index contributed by atoms with van der Waals surface area (Å²) in [4.78, 5) is 18.4. The first-order valence-electron chi connectivity index (χ1n) is 11.3. The first-order chi connectivity index (χ1) is 14.6. The number of carbonyl (C=O) groups is 1. The summed E-state index contributed by atoms with van der Waals surface area (Å²) in [6.45, 7) is 6.88. The zero-order chi connectivity index (χ0) is 20.9. The van der Waals surface area contributed by atoms with E-state index in [-0.39, 0.29) is 5.91 Å². The number of aryl methyl sites for hydroxylation is 1. The van der Waals surface area contributed by atoms with Crippen molar-refractivity contribution in [3.05, 3.63) is 65.9 Å². The fourth-order valence-corrected chi connectivity index (χ4v) is 4.61. The molecule has 0 spiro atoms. The lowest BCUT2D eigenvalue weighted by Crippen LogP contribution is -2.37. The third kappa shape index (κ3) is 4.93. The van der Waals surface area contributed by atoms with Gasteiger partial charge in [0, 0.05) is 35.2 Å². The SMILES string of the molecule is CC(C)N1CCC(c2c[nH]c3ccc(NC(=O)CCCc4ccccc4)cc23)CC1. The molecule has 4 rings (SSSR count). The molecule has 1 aliphatic heterocycles. The number of hydrogen-bond donors (Lipinski definition) is 2. The maximum absolute atomic E-state index is 12.4. The molecule has 3 aromatic rings. The van der Waals surface area contributed by atoms with Gasteiger partial charge in [0.05, 0.1) is 0 Å². The Labute approximate surface area is 179 Å². The highest BCUT2D eigenvalue weighted by Crippen LogP contribution is 2.34. The molecule has 1 saturated heterocycles. The quantitative estimate of drug-likeness (QED) is 0.530. The smallest absolute Gasteiger partial charge is 0.224 e. The minimum absolute atomic E-state index is 0.0904. The first kappa shape index (κ1) is 20.7. The molecule has 4 nitrogen and oxygen atoms in total. The van der Waals surface area contributed by atoms with Crippen LogP contribution in [0.2, 0.25) is 0 Å². The number of anilines is 1. The fraction of sp³-hybridized carbons (Fsp3) is 0.423. The largest absolute Gasteiger partial charge is 0.361 e.